The minimum absolute atomic E-state index is 0.0157. The van der Waals surface area contributed by atoms with E-state index in [-0.39, 0.29) is 64.0 Å². The van der Waals surface area contributed by atoms with Gasteiger partial charge in [-0.3, -0.25) is 9.59 Å². The van der Waals surface area contributed by atoms with E-state index in [0.29, 0.717) is 0 Å². The predicted molar refractivity (Wildman–Crippen MR) is 108 cm³/mol. The Morgan fingerprint density at radius 3 is 2.74 bits per heavy atom. The second-order valence-electron chi connectivity index (χ2n) is 7.45. The van der Waals surface area contributed by atoms with Gasteiger partial charge in [-0.15, -0.1) is 10.2 Å². The van der Waals surface area contributed by atoms with E-state index < -0.39 is 23.4 Å². The first kappa shape index (κ1) is 21.3. The summed E-state index contributed by atoms with van der Waals surface area (Å²) in [4.78, 5) is 25.7. The third kappa shape index (κ3) is 3.11. The minimum Gasteiger partial charge on any atom is -0.496 e. The summed E-state index contributed by atoms with van der Waals surface area (Å²) in [6.07, 6.45) is 0.436. The van der Waals surface area contributed by atoms with Gasteiger partial charge < -0.3 is 23.7 Å². The SMILES string of the molecule is CCOc1cc(-c2nnc(C(C)O)o2)c(Cl)c2c1C(=O)[C@@]1(O2)C(OC)=CC(=O)C[C@H]1C. The number of Topliss-reactive ketones (excluding diaryl/α,β-unsaturated/α-hetero) is 1. The molecule has 1 aromatic carbocycles. The van der Waals surface area contributed by atoms with Crippen molar-refractivity contribution < 1.29 is 33.3 Å². The Kier molecular flexibility index (Phi) is 5.26. The molecular weight excluding hydrogens is 428 g/mol. The lowest BCUT2D eigenvalue weighted by Gasteiger charge is -2.36. The number of ketones is 2. The highest BCUT2D eigenvalue weighted by Gasteiger charge is 2.60. The molecule has 0 fully saturated rings. The number of hydrogen-bond donors (Lipinski definition) is 1. The first-order valence-electron chi connectivity index (χ1n) is 9.78. The highest BCUT2D eigenvalue weighted by Crippen LogP contribution is 2.54. The summed E-state index contributed by atoms with van der Waals surface area (Å²) in [6.45, 7) is 5.29. The number of aliphatic hydroxyl groups excluding tert-OH is 1. The second kappa shape index (κ2) is 7.65. The van der Waals surface area contributed by atoms with Crippen molar-refractivity contribution in [1.29, 1.82) is 0 Å². The van der Waals surface area contributed by atoms with Crippen molar-refractivity contribution >= 4 is 23.2 Å². The van der Waals surface area contributed by atoms with Gasteiger partial charge in [-0.1, -0.05) is 18.5 Å². The molecule has 10 heteroatoms. The Hall–Kier alpha value is -2.91. The number of carbonyl (C=O) groups is 2. The van der Waals surface area contributed by atoms with E-state index in [2.05, 4.69) is 10.2 Å². The Morgan fingerprint density at radius 2 is 2.13 bits per heavy atom. The van der Waals surface area contributed by atoms with Gasteiger partial charge in [-0.05, 0) is 19.9 Å². The number of halogens is 1. The monoisotopic (exact) mass is 448 g/mol. The van der Waals surface area contributed by atoms with Gasteiger partial charge in [0.15, 0.2) is 17.3 Å². The third-order valence-corrected chi connectivity index (χ3v) is 5.80. The van der Waals surface area contributed by atoms with Crippen LogP contribution < -0.4 is 9.47 Å². The molecule has 31 heavy (non-hydrogen) atoms. The van der Waals surface area contributed by atoms with E-state index in [0.717, 1.165) is 0 Å². The zero-order chi connectivity index (χ0) is 22.5. The first-order chi connectivity index (χ1) is 14.7. The maximum Gasteiger partial charge on any atom is 0.249 e. The van der Waals surface area contributed by atoms with Gasteiger partial charge in [-0.2, -0.15) is 0 Å². The first-order valence-corrected chi connectivity index (χ1v) is 10.2. The summed E-state index contributed by atoms with van der Waals surface area (Å²) in [7, 11) is 1.38. The normalized spacial score (nSPS) is 23.4. The number of aliphatic hydroxyl groups is 1. The highest BCUT2D eigenvalue weighted by atomic mass is 35.5. The fraction of sp³-hybridized carbons (Fsp3) is 0.429. The van der Waals surface area contributed by atoms with Crippen molar-refractivity contribution in [1.82, 2.24) is 10.2 Å². The average Bonchev–Trinajstić information content (AvgIpc) is 3.32. The van der Waals surface area contributed by atoms with Gasteiger partial charge in [-0.25, -0.2) is 0 Å². The van der Waals surface area contributed by atoms with Crippen molar-refractivity contribution in [2.45, 2.75) is 38.9 Å². The van der Waals surface area contributed by atoms with Gasteiger partial charge in [0.25, 0.3) is 0 Å². The summed E-state index contributed by atoms with van der Waals surface area (Å²) in [5.41, 5.74) is -1.08. The van der Waals surface area contributed by atoms with E-state index in [4.69, 9.17) is 30.2 Å². The largest absolute Gasteiger partial charge is 0.496 e. The van der Waals surface area contributed by atoms with E-state index in [9.17, 15) is 14.7 Å². The molecule has 0 amide bonds. The quantitative estimate of drug-likeness (QED) is 0.734. The van der Waals surface area contributed by atoms with Gasteiger partial charge in [0, 0.05) is 18.4 Å². The van der Waals surface area contributed by atoms with Crippen molar-refractivity contribution in [3.05, 3.63) is 34.4 Å². The van der Waals surface area contributed by atoms with E-state index in [1.165, 1.54) is 26.2 Å². The summed E-state index contributed by atoms with van der Waals surface area (Å²) >= 11 is 6.63. The van der Waals surface area contributed by atoms with Crippen LogP contribution in [0.5, 0.6) is 11.5 Å². The number of hydrogen-bond acceptors (Lipinski definition) is 9. The summed E-state index contributed by atoms with van der Waals surface area (Å²) in [5, 5.41) is 17.5. The molecule has 3 atom stereocenters. The van der Waals surface area contributed by atoms with Crippen LogP contribution >= 0.6 is 11.6 Å². The van der Waals surface area contributed by atoms with Crippen molar-refractivity contribution in [2.24, 2.45) is 5.92 Å². The molecule has 1 N–H and O–H groups in total. The van der Waals surface area contributed by atoms with Crippen LogP contribution in [-0.2, 0) is 9.53 Å². The van der Waals surface area contributed by atoms with Gasteiger partial charge >= 0.3 is 0 Å². The van der Waals surface area contributed by atoms with Crippen molar-refractivity contribution in [2.75, 3.05) is 13.7 Å². The molecule has 1 spiro atoms. The molecule has 4 rings (SSSR count). The van der Waals surface area contributed by atoms with E-state index >= 15 is 0 Å². The standard InChI is InChI=1S/C21H21ClN2O7/c1-5-29-13-8-12(20-24-23-19(30-20)10(3)25)16(22)17-15(13)18(27)21(31-17)9(2)6-11(26)7-14(21)28-4/h7-10,25H,5-6H2,1-4H3/t9-,10?,21+/m1/s1. The molecule has 2 aromatic rings. The number of benzene rings is 1. The lowest BCUT2D eigenvalue weighted by molar-refractivity contribution is -0.118. The number of fused-ring (bicyclic) bond motifs is 1. The maximum absolute atomic E-state index is 13.7. The molecule has 0 saturated heterocycles. The number of carbonyl (C=O) groups excluding carboxylic acids is 2. The molecule has 1 unspecified atom stereocenters. The van der Waals surface area contributed by atoms with Gasteiger partial charge in [0.1, 0.15) is 17.4 Å². The topological polar surface area (TPSA) is 121 Å². The number of allylic oxidation sites excluding steroid dienone is 1. The number of aromatic nitrogens is 2. The molecule has 1 aromatic heterocycles. The highest BCUT2D eigenvalue weighted by molar-refractivity contribution is 6.36. The molecule has 1 aliphatic heterocycles. The lowest BCUT2D eigenvalue weighted by Crippen LogP contribution is -2.51. The maximum atomic E-state index is 13.7. The third-order valence-electron chi connectivity index (χ3n) is 5.42. The van der Waals surface area contributed by atoms with Crippen LogP contribution in [0.25, 0.3) is 11.5 Å². The second-order valence-corrected chi connectivity index (χ2v) is 7.82. The number of methoxy groups -OCH3 is 1. The van der Waals surface area contributed by atoms with Crippen molar-refractivity contribution in [3.63, 3.8) is 0 Å². The molecule has 2 heterocycles. The fourth-order valence-electron chi connectivity index (χ4n) is 3.95. The number of nitrogens with zero attached hydrogens (tertiary/aromatic N) is 2. The van der Waals surface area contributed by atoms with Crippen molar-refractivity contribution in [3.8, 4) is 23.0 Å². The molecule has 164 valence electrons. The van der Waals surface area contributed by atoms with E-state index in [1.54, 1.807) is 13.8 Å². The molecule has 0 saturated carbocycles. The summed E-state index contributed by atoms with van der Waals surface area (Å²) in [5.74, 6) is -0.564. The van der Waals surface area contributed by atoms with Gasteiger partial charge in [0.2, 0.25) is 23.2 Å². The fourth-order valence-corrected chi connectivity index (χ4v) is 4.22. The Bertz CT molecular complexity index is 1110. The predicted octanol–water partition coefficient (Wildman–Crippen LogP) is 3.30. The van der Waals surface area contributed by atoms with Crippen LogP contribution in [-0.4, -0.2) is 46.2 Å². The smallest absolute Gasteiger partial charge is 0.249 e. The summed E-state index contributed by atoms with van der Waals surface area (Å²) < 4.78 is 22.8. The molecular formula is C21H21ClN2O7. The number of ether oxygens (including phenoxy) is 3. The molecule has 2 aliphatic rings. The zero-order valence-electron chi connectivity index (χ0n) is 17.4. The zero-order valence-corrected chi connectivity index (χ0v) is 18.1. The summed E-state index contributed by atoms with van der Waals surface area (Å²) in [6, 6.07) is 1.53. The molecule has 9 nitrogen and oxygen atoms in total. The Balaban J connectivity index is 1.92. The Morgan fingerprint density at radius 1 is 1.39 bits per heavy atom. The average molecular weight is 449 g/mol. The van der Waals surface area contributed by atoms with Crippen LogP contribution in [0, 0.1) is 5.92 Å². The van der Waals surface area contributed by atoms with Crippen LogP contribution in [0.4, 0.5) is 0 Å². The van der Waals surface area contributed by atoms with Crippen LogP contribution in [0.15, 0.2) is 22.3 Å². The minimum atomic E-state index is -1.53. The van der Waals surface area contributed by atoms with E-state index in [1.807, 2.05) is 0 Å². The van der Waals surface area contributed by atoms with Crippen LogP contribution in [0.2, 0.25) is 5.02 Å². The van der Waals surface area contributed by atoms with Crippen LogP contribution in [0.3, 0.4) is 0 Å². The Labute approximate surface area is 182 Å². The molecule has 0 bridgehead atoms. The van der Waals surface area contributed by atoms with Gasteiger partial charge in [0.05, 0.1) is 24.3 Å². The number of rotatable bonds is 5. The van der Waals surface area contributed by atoms with Crippen LogP contribution in [0.1, 0.15) is 49.5 Å². The molecule has 1 aliphatic carbocycles. The molecule has 0 radical (unpaired) electrons. The lowest BCUT2D eigenvalue weighted by atomic mass is 9.75.